The van der Waals surface area contributed by atoms with E-state index in [0.29, 0.717) is 5.69 Å². The number of amides is 3. The number of methoxy groups -OCH3 is 1. The standard InChI is InChI=1S/C20H19N3O8/c1-11-4-5-16(12(2)6-11)21-20(27)22-17(24)10-31-19(26)14-7-13(18(25)30-3)8-15(9-14)23(28)29/h4-9H,10H2,1-3H3,(H2,21,22,24,27). The highest BCUT2D eigenvalue weighted by atomic mass is 16.6. The fourth-order valence-electron chi connectivity index (χ4n) is 2.55. The summed E-state index contributed by atoms with van der Waals surface area (Å²) in [7, 11) is 1.08. The minimum absolute atomic E-state index is 0.235. The van der Waals surface area contributed by atoms with Crippen molar-refractivity contribution in [2.45, 2.75) is 13.8 Å². The number of non-ortho nitro benzene ring substituents is 1. The molecule has 0 aliphatic rings. The van der Waals surface area contributed by atoms with Crippen molar-refractivity contribution in [2.75, 3.05) is 19.0 Å². The number of aryl methyl sites for hydroxylation is 2. The Morgan fingerprint density at radius 2 is 1.65 bits per heavy atom. The molecular formula is C20H19N3O8. The third kappa shape index (κ3) is 6.35. The SMILES string of the molecule is COC(=O)c1cc(C(=O)OCC(=O)NC(=O)Nc2ccc(C)cc2C)cc([N+](=O)[O-])c1. The van der Waals surface area contributed by atoms with Crippen molar-refractivity contribution in [1.29, 1.82) is 0 Å². The number of esters is 2. The van der Waals surface area contributed by atoms with Crippen LogP contribution >= 0.6 is 0 Å². The first kappa shape index (κ1) is 23.0. The number of benzene rings is 2. The van der Waals surface area contributed by atoms with Crippen LogP contribution in [0.3, 0.4) is 0 Å². The van der Waals surface area contributed by atoms with Crippen LogP contribution in [0.4, 0.5) is 16.2 Å². The molecule has 3 amide bonds. The third-order valence-corrected chi connectivity index (χ3v) is 4.00. The van der Waals surface area contributed by atoms with E-state index in [4.69, 9.17) is 4.74 Å². The van der Waals surface area contributed by atoms with E-state index in [0.717, 1.165) is 36.4 Å². The third-order valence-electron chi connectivity index (χ3n) is 4.00. The lowest BCUT2D eigenvalue weighted by Gasteiger charge is -2.10. The molecule has 0 fully saturated rings. The van der Waals surface area contributed by atoms with Crippen LogP contribution < -0.4 is 10.6 Å². The molecular weight excluding hydrogens is 410 g/mol. The molecule has 11 heteroatoms. The number of rotatable bonds is 6. The number of anilines is 1. The Morgan fingerprint density at radius 3 is 2.23 bits per heavy atom. The van der Waals surface area contributed by atoms with Crippen molar-refractivity contribution >= 4 is 35.3 Å². The molecule has 0 heterocycles. The fourth-order valence-corrected chi connectivity index (χ4v) is 2.55. The van der Waals surface area contributed by atoms with Gasteiger partial charge in [-0.2, -0.15) is 0 Å². The summed E-state index contributed by atoms with van der Waals surface area (Å²) < 4.78 is 9.27. The van der Waals surface area contributed by atoms with Crippen LogP contribution in [0, 0.1) is 24.0 Å². The molecule has 0 aliphatic heterocycles. The minimum Gasteiger partial charge on any atom is -0.465 e. The summed E-state index contributed by atoms with van der Waals surface area (Å²) in [6, 6.07) is 7.35. The van der Waals surface area contributed by atoms with Gasteiger partial charge >= 0.3 is 18.0 Å². The van der Waals surface area contributed by atoms with E-state index >= 15 is 0 Å². The Hall–Kier alpha value is -4.28. The van der Waals surface area contributed by atoms with Gasteiger partial charge in [-0.25, -0.2) is 14.4 Å². The van der Waals surface area contributed by atoms with Crippen LogP contribution in [-0.4, -0.2) is 42.5 Å². The maximum atomic E-state index is 12.2. The number of ether oxygens (including phenoxy) is 2. The van der Waals surface area contributed by atoms with Crippen LogP contribution in [0.5, 0.6) is 0 Å². The second-order valence-corrected chi connectivity index (χ2v) is 6.41. The molecule has 0 aliphatic carbocycles. The molecule has 0 bridgehead atoms. The number of imide groups is 1. The number of carbonyl (C=O) groups is 4. The Balaban J connectivity index is 1.99. The predicted octanol–water partition coefficient (Wildman–Crippen LogP) is 2.50. The van der Waals surface area contributed by atoms with E-state index in [-0.39, 0.29) is 11.1 Å². The fraction of sp³-hybridized carbons (Fsp3) is 0.200. The summed E-state index contributed by atoms with van der Waals surface area (Å²) in [5, 5.41) is 15.5. The van der Waals surface area contributed by atoms with Crippen molar-refractivity contribution in [3.8, 4) is 0 Å². The number of nitrogens with zero attached hydrogens (tertiary/aromatic N) is 1. The molecule has 162 valence electrons. The van der Waals surface area contributed by atoms with E-state index in [1.807, 2.05) is 18.3 Å². The summed E-state index contributed by atoms with van der Waals surface area (Å²) >= 11 is 0. The van der Waals surface area contributed by atoms with E-state index in [2.05, 4.69) is 10.1 Å². The van der Waals surface area contributed by atoms with E-state index in [1.54, 1.807) is 19.1 Å². The Labute approximate surface area is 176 Å². The number of urea groups is 1. The first-order valence-electron chi connectivity index (χ1n) is 8.83. The van der Waals surface area contributed by atoms with Gasteiger partial charge in [-0.15, -0.1) is 0 Å². The lowest BCUT2D eigenvalue weighted by atomic mass is 10.1. The Kier molecular flexibility index (Phi) is 7.39. The molecule has 2 aromatic rings. The minimum atomic E-state index is -1.10. The summed E-state index contributed by atoms with van der Waals surface area (Å²) in [5.41, 5.74) is 1.19. The number of carbonyl (C=O) groups excluding carboxylic acids is 4. The Bertz CT molecular complexity index is 1060. The van der Waals surface area contributed by atoms with Crippen LogP contribution in [-0.2, 0) is 14.3 Å². The topological polar surface area (TPSA) is 154 Å². The van der Waals surface area contributed by atoms with Gasteiger partial charge in [-0.1, -0.05) is 17.7 Å². The average molecular weight is 429 g/mol. The molecule has 31 heavy (non-hydrogen) atoms. The average Bonchev–Trinajstić information content (AvgIpc) is 2.72. The summed E-state index contributed by atoms with van der Waals surface area (Å²) in [6.07, 6.45) is 0. The molecule has 0 atom stereocenters. The zero-order valence-electron chi connectivity index (χ0n) is 16.9. The molecule has 11 nitrogen and oxygen atoms in total. The second kappa shape index (κ2) is 9.96. The molecule has 0 saturated carbocycles. The van der Waals surface area contributed by atoms with E-state index in [9.17, 15) is 29.3 Å². The van der Waals surface area contributed by atoms with Crippen molar-refractivity contribution in [3.05, 3.63) is 68.8 Å². The van der Waals surface area contributed by atoms with Gasteiger partial charge in [-0.3, -0.25) is 20.2 Å². The van der Waals surface area contributed by atoms with Crippen LogP contribution in [0.2, 0.25) is 0 Å². The second-order valence-electron chi connectivity index (χ2n) is 6.41. The molecule has 0 radical (unpaired) electrons. The van der Waals surface area contributed by atoms with Crippen LogP contribution in [0.15, 0.2) is 36.4 Å². The molecule has 0 unspecified atom stereocenters. The maximum absolute atomic E-state index is 12.2. The monoisotopic (exact) mass is 429 g/mol. The smallest absolute Gasteiger partial charge is 0.338 e. The number of nitro benzene ring substituents is 1. The lowest BCUT2D eigenvalue weighted by Crippen LogP contribution is -2.37. The number of nitro groups is 1. The maximum Gasteiger partial charge on any atom is 0.338 e. The quantitative estimate of drug-likeness (QED) is 0.403. The van der Waals surface area contributed by atoms with Gasteiger partial charge in [0.25, 0.3) is 11.6 Å². The van der Waals surface area contributed by atoms with E-state index in [1.165, 1.54) is 0 Å². The molecule has 2 aromatic carbocycles. The lowest BCUT2D eigenvalue weighted by molar-refractivity contribution is -0.384. The van der Waals surface area contributed by atoms with Crippen molar-refractivity contribution in [2.24, 2.45) is 0 Å². The Morgan fingerprint density at radius 1 is 1.00 bits per heavy atom. The molecule has 2 rings (SSSR count). The number of nitrogens with one attached hydrogen (secondary N) is 2. The van der Waals surface area contributed by atoms with Crippen molar-refractivity contribution in [3.63, 3.8) is 0 Å². The molecule has 2 N–H and O–H groups in total. The largest absolute Gasteiger partial charge is 0.465 e. The predicted molar refractivity (Wildman–Crippen MR) is 108 cm³/mol. The molecule has 0 saturated heterocycles. The number of hydrogen-bond acceptors (Lipinski definition) is 8. The van der Waals surface area contributed by atoms with Gasteiger partial charge in [0.15, 0.2) is 6.61 Å². The normalized spacial score (nSPS) is 10.0. The van der Waals surface area contributed by atoms with Gasteiger partial charge in [0.05, 0.1) is 23.2 Å². The number of hydrogen-bond donors (Lipinski definition) is 2. The summed E-state index contributed by atoms with van der Waals surface area (Å²) in [4.78, 5) is 57.8. The van der Waals surface area contributed by atoms with Gasteiger partial charge in [0.1, 0.15) is 0 Å². The zero-order chi connectivity index (χ0) is 23.1. The van der Waals surface area contributed by atoms with Crippen molar-refractivity contribution < 1.29 is 33.6 Å². The first-order valence-corrected chi connectivity index (χ1v) is 8.83. The molecule has 0 aromatic heterocycles. The van der Waals surface area contributed by atoms with Crippen LogP contribution in [0.25, 0.3) is 0 Å². The van der Waals surface area contributed by atoms with Crippen LogP contribution in [0.1, 0.15) is 31.8 Å². The van der Waals surface area contributed by atoms with Gasteiger partial charge in [-0.05, 0) is 31.5 Å². The zero-order valence-corrected chi connectivity index (χ0v) is 16.9. The first-order chi connectivity index (χ1) is 14.6. The van der Waals surface area contributed by atoms with Gasteiger partial charge < -0.3 is 14.8 Å². The van der Waals surface area contributed by atoms with Gasteiger partial charge in [0.2, 0.25) is 0 Å². The molecule has 0 spiro atoms. The van der Waals surface area contributed by atoms with E-state index < -0.39 is 41.1 Å². The highest BCUT2D eigenvalue weighted by Gasteiger charge is 2.20. The summed E-state index contributed by atoms with van der Waals surface area (Å²) in [6.45, 7) is 2.85. The highest BCUT2D eigenvalue weighted by molar-refractivity contribution is 6.03. The van der Waals surface area contributed by atoms with Crippen molar-refractivity contribution in [1.82, 2.24) is 5.32 Å². The van der Waals surface area contributed by atoms with Gasteiger partial charge in [0, 0.05) is 17.8 Å². The summed E-state index contributed by atoms with van der Waals surface area (Å²) in [5.74, 6) is -2.91. The highest BCUT2D eigenvalue weighted by Crippen LogP contribution is 2.19.